The lowest BCUT2D eigenvalue weighted by atomic mass is 10.1. The topological polar surface area (TPSA) is 32.8 Å². The number of ether oxygens (including phenoxy) is 1. The number of halogens is 1. The highest BCUT2D eigenvalue weighted by Crippen LogP contribution is 2.35. The smallest absolute Gasteiger partial charge is 0.254 e. The summed E-state index contributed by atoms with van der Waals surface area (Å²) < 4.78 is 6.33. The summed E-state index contributed by atoms with van der Waals surface area (Å²) in [6, 6.07) is 9.39. The highest BCUT2D eigenvalue weighted by molar-refractivity contribution is 7.14. The number of rotatable bonds is 5. The largest absolute Gasteiger partial charge is 0.481 e. The molecule has 2 aliphatic heterocycles. The molecule has 4 rings (SSSR count). The van der Waals surface area contributed by atoms with Gasteiger partial charge in [-0.05, 0) is 55.0 Å². The zero-order valence-corrected chi connectivity index (χ0v) is 18.8. The van der Waals surface area contributed by atoms with Gasteiger partial charge in [-0.2, -0.15) is 0 Å². The highest BCUT2D eigenvalue weighted by Gasteiger charge is 2.26. The van der Waals surface area contributed by atoms with Crippen LogP contribution in [0.15, 0.2) is 30.3 Å². The van der Waals surface area contributed by atoms with Crippen LogP contribution < -0.4 is 4.74 Å². The molecule has 156 valence electrons. The molecular formula is C23H29ClN2O2S. The van der Waals surface area contributed by atoms with Gasteiger partial charge >= 0.3 is 0 Å². The van der Waals surface area contributed by atoms with Crippen molar-refractivity contribution in [2.75, 3.05) is 26.2 Å². The van der Waals surface area contributed by atoms with E-state index in [1.165, 1.54) is 17.0 Å². The second kappa shape index (κ2) is 9.07. The fourth-order valence-corrected chi connectivity index (χ4v) is 5.55. The Morgan fingerprint density at radius 2 is 2.03 bits per heavy atom. The predicted octanol–water partition coefficient (Wildman–Crippen LogP) is 5.10. The molecular weight excluding hydrogens is 404 g/mol. The minimum Gasteiger partial charge on any atom is -0.481 e. The van der Waals surface area contributed by atoms with E-state index in [0.717, 1.165) is 44.0 Å². The van der Waals surface area contributed by atoms with E-state index in [1.54, 1.807) is 23.5 Å². The average molecular weight is 433 g/mol. The van der Waals surface area contributed by atoms with Gasteiger partial charge in [-0.25, -0.2) is 0 Å². The number of benzene rings is 1. The SMILES string of the molecule is CC(C)CN1CCC(Oc2cc3c(s2)CN(C(=O)c2cccc(Cl)c2)CC3)CC1. The number of hydrogen-bond donors (Lipinski definition) is 0. The van der Waals surface area contributed by atoms with Gasteiger partial charge in [-0.3, -0.25) is 4.79 Å². The molecule has 1 aromatic carbocycles. The second-order valence-electron chi connectivity index (χ2n) is 8.51. The predicted molar refractivity (Wildman–Crippen MR) is 119 cm³/mol. The number of hydrogen-bond acceptors (Lipinski definition) is 4. The average Bonchev–Trinajstić information content (AvgIpc) is 3.10. The summed E-state index contributed by atoms with van der Waals surface area (Å²) in [7, 11) is 0. The van der Waals surface area contributed by atoms with Gasteiger partial charge in [0.2, 0.25) is 0 Å². The number of thiophene rings is 1. The maximum absolute atomic E-state index is 12.8. The zero-order valence-electron chi connectivity index (χ0n) is 17.2. The Labute approximate surface area is 182 Å². The molecule has 0 atom stereocenters. The molecule has 1 fully saturated rings. The maximum atomic E-state index is 12.8. The van der Waals surface area contributed by atoms with Crippen molar-refractivity contribution in [3.8, 4) is 5.06 Å². The molecule has 1 saturated heterocycles. The van der Waals surface area contributed by atoms with Gasteiger partial charge in [0.15, 0.2) is 5.06 Å². The summed E-state index contributed by atoms with van der Waals surface area (Å²) in [5, 5.41) is 1.61. The number of fused-ring (bicyclic) bond motifs is 1. The van der Waals surface area contributed by atoms with Gasteiger partial charge in [0.05, 0.1) is 6.54 Å². The first-order chi connectivity index (χ1) is 14.0. The van der Waals surface area contributed by atoms with E-state index in [1.807, 2.05) is 17.0 Å². The van der Waals surface area contributed by atoms with Crippen LogP contribution >= 0.6 is 22.9 Å². The number of piperidine rings is 1. The summed E-state index contributed by atoms with van der Waals surface area (Å²) >= 11 is 7.75. The molecule has 1 aromatic heterocycles. The number of amides is 1. The third kappa shape index (κ3) is 5.14. The minimum absolute atomic E-state index is 0.0477. The van der Waals surface area contributed by atoms with Crippen molar-refractivity contribution in [2.45, 2.75) is 45.8 Å². The first-order valence-corrected chi connectivity index (χ1v) is 11.7. The summed E-state index contributed by atoms with van der Waals surface area (Å²) in [5.74, 6) is 0.764. The van der Waals surface area contributed by atoms with E-state index in [-0.39, 0.29) is 5.91 Å². The molecule has 0 N–H and O–H groups in total. The summed E-state index contributed by atoms with van der Waals surface area (Å²) in [6.45, 7) is 9.37. The van der Waals surface area contributed by atoms with Crippen LogP contribution in [0.4, 0.5) is 0 Å². The van der Waals surface area contributed by atoms with Crippen molar-refractivity contribution in [1.82, 2.24) is 9.80 Å². The molecule has 4 nitrogen and oxygen atoms in total. The molecule has 0 spiro atoms. The molecule has 0 radical (unpaired) electrons. The summed E-state index contributed by atoms with van der Waals surface area (Å²) in [6.07, 6.45) is 3.38. The molecule has 0 unspecified atom stereocenters. The van der Waals surface area contributed by atoms with Gasteiger partial charge in [-0.15, -0.1) is 11.3 Å². The fourth-order valence-electron chi connectivity index (χ4n) is 4.22. The number of carbonyl (C=O) groups is 1. The van der Waals surface area contributed by atoms with Crippen LogP contribution in [0.3, 0.4) is 0 Å². The lowest BCUT2D eigenvalue weighted by molar-refractivity contribution is 0.0737. The second-order valence-corrected chi connectivity index (χ2v) is 10.0. The van der Waals surface area contributed by atoms with Gasteiger partial charge in [0.25, 0.3) is 5.91 Å². The first kappa shape index (κ1) is 20.7. The van der Waals surface area contributed by atoms with Crippen molar-refractivity contribution in [1.29, 1.82) is 0 Å². The third-order valence-corrected chi connectivity index (χ3v) is 6.95. The lowest BCUT2D eigenvalue weighted by Crippen LogP contribution is -2.39. The molecule has 2 aromatic rings. The number of likely N-dealkylation sites (tertiary alicyclic amines) is 1. The van der Waals surface area contributed by atoms with E-state index in [2.05, 4.69) is 24.8 Å². The molecule has 1 amide bonds. The summed E-state index contributed by atoms with van der Waals surface area (Å²) in [5.41, 5.74) is 1.99. The van der Waals surface area contributed by atoms with Crippen molar-refractivity contribution >= 4 is 28.8 Å². The van der Waals surface area contributed by atoms with Crippen molar-refractivity contribution < 1.29 is 9.53 Å². The lowest BCUT2D eigenvalue weighted by Gasteiger charge is -2.32. The fraction of sp³-hybridized carbons (Fsp3) is 0.522. The van der Waals surface area contributed by atoms with Crippen LogP contribution in [0.5, 0.6) is 5.06 Å². The van der Waals surface area contributed by atoms with Crippen LogP contribution in [-0.4, -0.2) is 48.0 Å². The Kier molecular flexibility index (Phi) is 6.47. The Hall–Kier alpha value is -1.56. The van der Waals surface area contributed by atoms with E-state index >= 15 is 0 Å². The van der Waals surface area contributed by atoms with Crippen LogP contribution in [0, 0.1) is 5.92 Å². The summed E-state index contributed by atoms with van der Waals surface area (Å²) in [4.78, 5) is 18.5. The Morgan fingerprint density at radius 1 is 1.24 bits per heavy atom. The van der Waals surface area contributed by atoms with Crippen LogP contribution in [0.1, 0.15) is 47.5 Å². The number of carbonyl (C=O) groups excluding carboxylic acids is 1. The highest BCUT2D eigenvalue weighted by atomic mass is 35.5. The molecule has 29 heavy (non-hydrogen) atoms. The normalized spacial score (nSPS) is 18.1. The zero-order chi connectivity index (χ0) is 20.4. The quantitative estimate of drug-likeness (QED) is 0.658. The first-order valence-electron chi connectivity index (χ1n) is 10.5. The molecule has 3 heterocycles. The van der Waals surface area contributed by atoms with Crippen LogP contribution in [-0.2, 0) is 13.0 Å². The van der Waals surface area contributed by atoms with E-state index in [4.69, 9.17) is 16.3 Å². The van der Waals surface area contributed by atoms with E-state index < -0.39 is 0 Å². The standard InChI is InChI=1S/C23H29ClN2O2S/c1-16(2)14-25-9-7-20(8-10-25)28-22-13-17-6-11-26(15-21(17)29-22)23(27)18-4-3-5-19(24)12-18/h3-5,12-13,16,20H,6-11,14-15H2,1-2H3. The van der Waals surface area contributed by atoms with Crippen molar-refractivity contribution in [2.24, 2.45) is 5.92 Å². The molecule has 0 saturated carbocycles. The van der Waals surface area contributed by atoms with Gasteiger partial charge in [-0.1, -0.05) is 31.5 Å². The van der Waals surface area contributed by atoms with Gasteiger partial charge in [0, 0.05) is 41.6 Å². The van der Waals surface area contributed by atoms with E-state index in [9.17, 15) is 4.79 Å². The van der Waals surface area contributed by atoms with Crippen molar-refractivity contribution in [3.05, 3.63) is 51.4 Å². The minimum atomic E-state index is 0.0477. The third-order valence-electron chi connectivity index (χ3n) is 5.66. The molecule has 6 heteroatoms. The maximum Gasteiger partial charge on any atom is 0.254 e. The van der Waals surface area contributed by atoms with Crippen LogP contribution in [0.25, 0.3) is 0 Å². The molecule has 0 bridgehead atoms. The van der Waals surface area contributed by atoms with Gasteiger partial charge < -0.3 is 14.5 Å². The van der Waals surface area contributed by atoms with Crippen molar-refractivity contribution in [3.63, 3.8) is 0 Å². The van der Waals surface area contributed by atoms with E-state index in [0.29, 0.717) is 29.2 Å². The Bertz CT molecular complexity index is 858. The Morgan fingerprint density at radius 3 is 2.76 bits per heavy atom. The number of nitrogens with zero attached hydrogens (tertiary/aromatic N) is 2. The molecule has 0 aliphatic carbocycles. The van der Waals surface area contributed by atoms with Crippen LogP contribution in [0.2, 0.25) is 5.02 Å². The van der Waals surface area contributed by atoms with Gasteiger partial charge in [0.1, 0.15) is 6.10 Å². The Balaban J connectivity index is 1.35. The molecule has 2 aliphatic rings. The monoisotopic (exact) mass is 432 g/mol.